The summed E-state index contributed by atoms with van der Waals surface area (Å²) in [5, 5.41) is 3.85. The van der Waals surface area contributed by atoms with Crippen LogP contribution in [-0.2, 0) is 28.0 Å². The molecule has 41 heavy (non-hydrogen) atoms. The average molecular weight is 640 g/mol. The molecule has 0 spiro atoms. The molecule has 0 heterocycles. The maximum Gasteiger partial charge on any atom is 0.261 e. The summed E-state index contributed by atoms with van der Waals surface area (Å²) in [5.41, 5.74) is 2.99. The van der Waals surface area contributed by atoms with Gasteiger partial charge in [0.1, 0.15) is 11.8 Å². The quantitative estimate of drug-likeness (QED) is 0.246. The lowest BCUT2D eigenvalue weighted by molar-refractivity contribution is -0.143. The Morgan fingerprint density at radius 1 is 0.976 bits per heavy atom. The summed E-state index contributed by atoms with van der Waals surface area (Å²) < 4.78 is 6.83. The Kier molecular flexibility index (Phi) is 10.9. The Hall–Kier alpha value is -2.83. The lowest BCUT2D eigenvalue weighted by atomic mass is 9.87. The van der Waals surface area contributed by atoms with Crippen LogP contribution in [0.5, 0.6) is 5.75 Å². The van der Waals surface area contributed by atoms with E-state index in [0.29, 0.717) is 17.2 Å². The molecule has 2 amide bonds. The molecule has 0 bridgehead atoms. The number of nitrogens with zero attached hydrogens (tertiary/aromatic N) is 1. The number of rotatable bonds is 10. The number of hydrogen-bond donors (Lipinski definition) is 1. The Morgan fingerprint density at radius 3 is 2.34 bits per heavy atom. The van der Waals surface area contributed by atoms with E-state index in [2.05, 4.69) is 42.0 Å². The van der Waals surface area contributed by atoms with Crippen LogP contribution >= 0.6 is 27.5 Å². The largest absolute Gasteiger partial charge is 0.483 e. The predicted octanol–water partition coefficient (Wildman–Crippen LogP) is 7.87. The first-order valence-corrected chi connectivity index (χ1v) is 15.6. The van der Waals surface area contributed by atoms with Crippen molar-refractivity contribution in [2.45, 2.75) is 83.3 Å². The van der Waals surface area contributed by atoms with Crippen molar-refractivity contribution in [2.75, 3.05) is 6.61 Å². The van der Waals surface area contributed by atoms with Gasteiger partial charge in [-0.1, -0.05) is 100 Å². The van der Waals surface area contributed by atoms with Gasteiger partial charge in [0.15, 0.2) is 6.61 Å². The fourth-order valence-corrected chi connectivity index (χ4v) is 5.94. The molecule has 1 aliphatic rings. The first kappa shape index (κ1) is 31.1. The number of carbonyl (C=O) groups is 2. The van der Waals surface area contributed by atoms with Crippen LogP contribution in [0.3, 0.4) is 0 Å². The average Bonchev–Trinajstić information content (AvgIpc) is 2.94. The minimum absolute atomic E-state index is 0.0129. The molecule has 0 aliphatic heterocycles. The van der Waals surface area contributed by atoms with Crippen molar-refractivity contribution < 1.29 is 14.3 Å². The molecule has 1 aliphatic carbocycles. The summed E-state index contributed by atoms with van der Waals surface area (Å²) in [5.74, 6) is 0.184. The minimum Gasteiger partial charge on any atom is -0.483 e. The molecule has 5 nitrogen and oxygen atoms in total. The van der Waals surface area contributed by atoms with Gasteiger partial charge < -0.3 is 15.0 Å². The number of halogens is 2. The normalized spacial score (nSPS) is 14.8. The Balaban J connectivity index is 1.61. The molecule has 1 saturated carbocycles. The van der Waals surface area contributed by atoms with E-state index in [1.807, 2.05) is 66.7 Å². The van der Waals surface area contributed by atoms with Crippen molar-refractivity contribution in [3.05, 3.63) is 99.0 Å². The molecular weight excluding hydrogens is 600 g/mol. The molecule has 1 fully saturated rings. The second-order valence-electron chi connectivity index (χ2n) is 11.9. The number of benzene rings is 3. The highest BCUT2D eigenvalue weighted by Crippen LogP contribution is 2.31. The molecule has 0 aromatic heterocycles. The highest BCUT2D eigenvalue weighted by molar-refractivity contribution is 9.10. The van der Waals surface area contributed by atoms with E-state index in [1.165, 1.54) is 6.42 Å². The molecule has 1 N–H and O–H groups in total. The predicted molar refractivity (Wildman–Crippen MR) is 169 cm³/mol. The smallest absolute Gasteiger partial charge is 0.261 e. The summed E-state index contributed by atoms with van der Waals surface area (Å²) in [6, 6.07) is 22.6. The molecule has 3 aromatic carbocycles. The van der Waals surface area contributed by atoms with Gasteiger partial charge >= 0.3 is 0 Å². The standard InChI is InChI=1S/C34H40BrClN2O3/c1-34(2,3)26-17-18-31(29(35)21-26)41-23-32(39)38(22-25-13-10-14-27(36)19-25)30(20-24-11-6-4-7-12-24)33(40)37-28-15-8-5-9-16-28/h4,6-7,10-14,17-19,21,28,30H,5,8-9,15-16,20,22-23H2,1-3H3,(H,37,40)/t30-/m0/s1. The van der Waals surface area contributed by atoms with Gasteiger partial charge in [0.2, 0.25) is 5.91 Å². The summed E-state index contributed by atoms with van der Waals surface area (Å²) in [7, 11) is 0. The van der Waals surface area contributed by atoms with Gasteiger partial charge in [0, 0.05) is 24.0 Å². The number of carbonyl (C=O) groups excluding carboxylic acids is 2. The number of nitrogens with one attached hydrogen (secondary N) is 1. The zero-order chi connectivity index (χ0) is 29.4. The van der Waals surface area contributed by atoms with E-state index in [-0.39, 0.29) is 36.4 Å². The van der Waals surface area contributed by atoms with Crippen LogP contribution in [0, 0.1) is 0 Å². The van der Waals surface area contributed by atoms with Gasteiger partial charge in [0.25, 0.3) is 5.91 Å². The van der Waals surface area contributed by atoms with E-state index >= 15 is 0 Å². The first-order chi connectivity index (χ1) is 19.6. The van der Waals surface area contributed by atoms with E-state index in [4.69, 9.17) is 16.3 Å². The summed E-state index contributed by atoms with van der Waals surface area (Å²) in [6.07, 6.45) is 5.74. The van der Waals surface area contributed by atoms with Crippen LogP contribution in [0.1, 0.15) is 69.6 Å². The van der Waals surface area contributed by atoms with E-state index in [0.717, 1.165) is 46.8 Å². The maximum atomic E-state index is 13.9. The number of hydrogen-bond acceptors (Lipinski definition) is 3. The highest BCUT2D eigenvalue weighted by atomic mass is 79.9. The van der Waals surface area contributed by atoms with Gasteiger partial charge in [-0.05, 0) is 75.1 Å². The molecule has 7 heteroatoms. The minimum atomic E-state index is -0.707. The molecule has 1 atom stereocenters. The lowest BCUT2D eigenvalue weighted by Gasteiger charge is -2.33. The third-order valence-corrected chi connectivity index (χ3v) is 8.47. The maximum absolute atomic E-state index is 13.9. The van der Waals surface area contributed by atoms with Crippen molar-refractivity contribution in [1.82, 2.24) is 10.2 Å². The molecule has 0 unspecified atom stereocenters. The highest BCUT2D eigenvalue weighted by Gasteiger charge is 2.32. The van der Waals surface area contributed by atoms with Crippen molar-refractivity contribution in [2.24, 2.45) is 0 Å². The Bertz CT molecular complexity index is 1320. The topological polar surface area (TPSA) is 58.6 Å². The van der Waals surface area contributed by atoms with Gasteiger partial charge in [-0.25, -0.2) is 0 Å². The van der Waals surface area contributed by atoms with E-state index in [9.17, 15) is 9.59 Å². The zero-order valence-electron chi connectivity index (χ0n) is 24.2. The van der Waals surface area contributed by atoms with Gasteiger partial charge in [-0.15, -0.1) is 0 Å². The summed E-state index contributed by atoms with van der Waals surface area (Å²) in [4.78, 5) is 29.5. The number of ether oxygens (including phenoxy) is 1. The van der Waals surface area contributed by atoms with Crippen LogP contribution in [0.15, 0.2) is 77.3 Å². The van der Waals surface area contributed by atoms with Crippen LogP contribution < -0.4 is 10.1 Å². The third-order valence-electron chi connectivity index (χ3n) is 7.61. The fourth-order valence-electron chi connectivity index (χ4n) is 5.24. The van der Waals surface area contributed by atoms with Crippen LogP contribution in [0.25, 0.3) is 0 Å². The second-order valence-corrected chi connectivity index (χ2v) is 13.2. The molecule has 218 valence electrons. The second kappa shape index (κ2) is 14.4. The van der Waals surface area contributed by atoms with Crippen molar-refractivity contribution >= 4 is 39.3 Å². The fraction of sp³-hybridized carbons (Fsp3) is 0.412. The van der Waals surface area contributed by atoms with Gasteiger partial charge in [-0.2, -0.15) is 0 Å². The first-order valence-electron chi connectivity index (χ1n) is 14.4. The van der Waals surface area contributed by atoms with Gasteiger partial charge in [-0.3, -0.25) is 9.59 Å². The van der Waals surface area contributed by atoms with E-state index < -0.39 is 6.04 Å². The third kappa shape index (κ3) is 9.08. The SMILES string of the molecule is CC(C)(C)c1ccc(OCC(=O)N(Cc2cccc(Cl)c2)[C@@H](Cc2ccccc2)C(=O)NC2CCCCC2)c(Br)c1. The Labute approximate surface area is 257 Å². The molecule has 4 rings (SSSR count). The molecule has 0 saturated heterocycles. The van der Waals surface area contributed by atoms with E-state index in [1.54, 1.807) is 11.0 Å². The molecule has 3 aromatic rings. The lowest BCUT2D eigenvalue weighted by Crippen LogP contribution is -2.53. The van der Waals surface area contributed by atoms with Crippen molar-refractivity contribution in [3.63, 3.8) is 0 Å². The van der Waals surface area contributed by atoms with Crippen LogP contribution in [0.4, 0.5) is 0 Å². The summed E-state index contributed by atoms with van der Waals surface area (Å²) in [6.45, 7) is 6.49. The molecule has 0 radical (unpaired) electrons. The zero-order valence-corrected chi connectivity index (χ0v) is 26.5. The van der Waals surface area contributed by atoms with Gasteiger partial charge in [0.05, 0.1) is 4.47 Å². The Morgan fingerprint density at radius 2 is 1.68 bits per heavy atom. The van der Waals surface area contributed by atoms with Crippen LogP contribution in [0.2, 0.25) is 5.02 Å². The van der Waals surface area contributed by atoms with Crippen molar-refractivity contribution in [1.29, 1.82) is 0 Å². The van der Waals surface area contributed by atoms with Crippen LogP contribution in [-0.4, -0.2) is 35.4 Å². The molecular formula is C34H40BrClN2O3. The summed E-state index contributed by atoms with van der Waals surface area (Å²) >= 11 is 9.91. The van der Waals surface area contributed by atoms with Crippen molar-refractivity contribution in [3.8, 4) is 5.75 Å². The number of amides is 2. The monoisotopic (exact) mass is 638 g/mol.